The molecule has 118 valence electrons. The van der Waals surface area contributed by atoms with E-state index in [1.807, 2.05) is 11.3 Å². The molecule has 0 saturated carbocycles. The molecule has 0 N–H and O–H groups in total. The van der Waals surface area contributed by atoms with Crippen molar-refractivity contribution in [3.05, 3.63) is 33.7 Å². The maximum absolute atomic E-state index is 9.28. The summed E-state index contributed by atoms with van der Waals surface area (Å²) in [5.41, 5.74) is 1.90. The van der Waals surface area contributed by atoms with Gasteiger partial charge in [-0.3, -0.25) is 0 Å². The summed E-state index contributed by atoms with van der Waals surface area (Å²) in [6.07, 6.45) is 10.4. The molecule has 1 aliphatic heterocycles. The monoisotopic (exact) mass is 325 g/mol. The van der Waals surface area contributed by atoms with Crippen LogP contribution in [0.25, 0.3) is 0 Å². The maximum Gasteiger partial charge on any atom is 0.149 e. The van der Waals surface area contributed by atoms with E-state index >= 15 is 0 Å². The van der Waals surface area contributed by atoms with Gasteiger partial charge in [0.25, 0.3) is 0 Å². The smallest absolute Gasteiger partial charge is 0.149 e. The van der Waals surface area contributed by atoms with E-state index in [4.69, 9.17) is 4.98 Å². The van der Waals surface area contributed by atoms with Gasteiger partial charge in [-0.05, 0) is 38.5 Å². The molecule has 3 heterocycles. The number of aryl methyl sites for hydroxylation is 2. The van der Waals surface area contributed by atoms with E-state index in [9.17, 15) is 5.26 Å². The van der Waals surface area contributed by atoms with Crippen molar-refractivity contribution in [2.75, 3.05) is 18.0 Å². The van der Waals surface area contributed by atoms with E-state index in [1.165, 1.54) is 47.6 Å². The van der Waals surface area contributed by atoms with E-state index in [1.54, 1.807) is 6.20 Å². The van der Waals surface area contributed by atoms with Crippen molar-refractivity contribution in [3.63, 3.8) is 0 Å². The van der Waals surface area contributed by atoms with E-state index in [0.717, 1.165) is 31.7 Å². The zero-order valence-electron chi connectivity index (χ0n) is 13.0. The number of rotatable bonds is 2. The number of hydrogen-bond donors (Lipinski definition) is 0. The molecule has 5 nitrogen and oxygen atoms in total. The number of piperidine rings is 1. The third-order valence-electron chi connectivity index (χ3n) is 4.74. The van der Waals surface area contributed by atoms with Gasteiger partial charge in [-0.15, -0.1) is 11.3 Å². The number of nitriles is 1. The summed E-state index contributed by atoms with van der Waals surface area (Å²) in [7, 11) is 0. The molecule has 0 unspecified atom stereocenters. The van der Waals surface area contributed by atoms with Gasteiger partial charge in [0, 0.05) is 23.9 Å². The molecule has 2 aromatic heterocycles. The minimum Gasteiger partial charge on any atom is -0.355 e. The summed E-state index contributed by atoms with van der Waals surface area (Å²) < 4.78 is 0. The van der Waals surface area contributed by atoms with Crippen molar-refractivity contribution in [1.82, 2.24) is 15.0 Å². The van der Waals surface area contributed by atoms with Crippen LogP contribution in [-0.4, -0.2) is 28.0 Å². The van der Waals surface area contributed by atoms with E-state index in [2.05, 4.69) is 20.9 Å². The third-order valence-corrected chi connectivity index (χ3v) is 6.06. The van der Waals surface area contributed by atoms with Crippen molar-refractivity contribution < 1.29 is 0 Å². The van der Waals surface area contributed by atoms with Crippen molar-refractivity contribution in [2.24, 2.45) is 0 Å². The summed E-state index contributed by atoms with van der Waals surface area (Å²) in [6, 6.07) is 2.21. The Labute approximate surface area is 140 Å². The minimum atomic E-state index is 0.459. The highest BCUT2D eigenvalue weighted by Gasteiger charge is 2.27. The Kier molecular flexibility index (Phi) is 3.96. The fourth-order valence-corrected chi connectivity index (χ4v) is 4.85. The van der Waals surface area contributed by atoms with Gasteiger partial charge in [-0.2, -0.15) is 5.26 Å². The highest BCUT2D eigenvalue weighted by molar-refractivity contribution is 7.11. The summed E-state index contributed by atoms with van der Waals surface area (Å²) in [5, 5.41) is 10.6. The molecule has 0 radical (unpaired) electrons. The number of hydrogen-bond acceptors (Lipinski definition) is 6. The number of anilines is 1. The molecular formula is C17H19N5S. The molecule has 1 aliphatic carbocycles. The van der Waals surface area contributed by atoms with Gasteiger partial charge in [-0.25, -0.2) is 15.0 Å². The second kappa shape index (κ2) is 6.25. The van der Waals surface area contributed by atoms with Crippen LogP contribution < -0.4 is 4.90 Å². The van der Waals surface area contributed by atoms with Crippen LogP contribution in [0, 0.1) is 11.3 Å². The Balaban J connectivity index is 1.57. The number of fused-ring (bicyclic) bond motifs is 1. The average Bonchev–Trinajstić information content (AvgIpc) is 3.06. The molecule has 0 amide bonds. The Bertz CT molecular complexity index is 724. The molecule has 23 heavy (non-hydrogen) atoms. The lowest BCUT2D eigenvalue weighted by molar-refractivity contribution is 0.504. The van der Waals surface area contributed by atoms with E-state index < -0.39 is 0 Å². The summed E-state index contributed by atoms with van der Waals surface area (Å²) in [5.74, 6) is 1.23. The summed E-state index contributed by atoms with van der Waals surface area (Å²) in [6.45, 7) is 1.85. The predicted octanol–water partition coefficient (Wildman–Crippen LogP) is 3.07. The maximum atomic E-state index is 9.28. The summed E-state index contributed by atoms with van der Waals surface area (Å²) in [4.78, 5) is 17.0. The van der Waals surface area contributed by atoms with Crippen LogP contribution in [0.1, 0.15) is 52.7 Å². The summed E-state index contributed by atoms with van der Waals surface area (Å²) >= 11 is 1.91. The number of aromatic nitrogens is 3. The van der Waals surface area contributed by atoms with Gasteiger partial charge in [0.1, 0.15) is 23.8 Å². The number of nitrogens with zero attached hydrogens (tertiary/aromatic N) is 5. The zero-order valence-corrected chi connectivity index (χ0v) is 13.8. The third kappa shape index (κ3) is 2.81. The van der Waals surface area contributed by atoms with Crippen molar-refractivity contribution in [1.29, 1.82) is 5.26 Å². The lowest BCUT2D eigenvalue weighted by Gasteiger charge is -2.32. The molecule has 0 spiro atoms. The van der Waals surface area contributed by atoms with Crippen LogP contribution in [0.4, 0.5) is 5.82 Å². The first kappa shape index (κ1) is 14.6. The largest absolute Gasteiger partial charge is 0.355 e. The van der Waals surface area contributed by atoms with Gasteiger partial charge < -0.3 is 4.90 Å². The fourth-order valence-electron chi connectivity index (χ4n) is 3.57. The quantitative estimate of drug-likeness (QED) is 0.849. The van der Waals surface area contributed by atoms with E-state index in [-0.39, 0.29) is 0 Å². The molecular weight excluding hydrogens is 306 g/mol. The first-order valence-electron chi connectivity index (χ1n) is 8.28. The second-order valence-electron chi connectivity index (χ2n) is 6.29. The molecule has 6 heteroatoms. The fraction of sp³-hybridized carbons (Fsp3) is 0.529. The normalized spacial score (nSPS) is 20.8. The highest BCUT2D eigenvalue weighted by Crippen LogP contribution is 2.35. The van der Waals surface area contributed by atoms with Crippen LogP contribution in [0.2, 0.25) is 0 Å². The van der Waals surface area contributed by atoms with Gasteiger partial charge in [0.05, 0.1) is 16.9 Å². The number of thiazole rings is 1. The molecule has 1 saturated heterocycles. The van der Waals surface area contributed by atoms with E-state index in [0.29, 0.717) is 11.5 Å². The SMILES string of the molecule is N#Cc1cncnc1N1CCC[C@H](c2nc3c(s2)CCCC3)C1. The van der Waals surface area contributed by atoms with Gasteiger partial charge in [0.2, 0.25) is 0 Å². The van der Waals surface area contributed by atoms with Crippen LogP contribution in [0.5, 0.6) is 0 Å². The molecule has 1 atom stereocenters. The van der Waals surface area contributed by atoms with Gasteiger partial charge >= 0.3 is 0 Å². The molecule has 4 rings (SSSR count). The van der Waals surface area contributed by atoms with Crippen LogP contribution in [0.15, 0.2) is 12.5 Å². The molecule has 1 fully saturated rings. The van der Waals surface area contributed by atoms with Gasteiger partial charge in [0.15, 0.2) is 0 Å². The first-order chi connectivity index (χ1) is 11.3. The lowest BCUT2D eigenvalue weighted by atomic mass is 9.98. The zero-order chi connectivity index (χ0) is 15.6. The van der Waals surface area contributed by atoms with Gasteiger partial charge in [-0.1, -0.05) is 0 Å². The highest BCUT2D eigenvalue weighted by atomic mass is 32.1. The molecule has 0 bridgehead atoms. The predicted molar refractivity (Wildman–Crippen MR) is 89.7 cm³/mol. The Morgan fingerprint density at radius 1 is 1.26 bits per heavy atom. The lowest BCUT2D eigenvalue weighted by Crippen LogP contribution is -2.35. The van der Waals surface area contributed by atoms with Crippen molar-refractivity contribution >= 4 is 17.2 Å². The molecule has 2 aliphatic rings. The van der Waals surface area contributed by atoms with Crippen LogP contribution in [-0.2, 0) is 12.8 Å². The van der Waals surface area contributed by atoms with Crippen LogP contribution in [0.3, 0.4) is 0 Å². The first-order valence-corrected chi connectivity index (χ1v) is 9.10. The Morgan fingerprint density at radius 2 is 2.17 bits per heavy atom. The Hall–Kier alpha value is -2.00. The minimum absolute atomic E-state index is 0.459. The van der Waals surface area contributed by atoms with Crippen molar-refractivity contribution in [2.45, 2.75) is 44.4 Å². The average molecular weight is 325 g/mol. The van der Waals surface area contributed by atoms with Crippen LogP contribution >= 0.6 is 11.3 Å². The second-order valence-corrected chi connectivity index (χ2v) is 7.40. The van der Waals surface area contributed by atoms with Crippen molar-refractivity contribution in [3.8, 4) is 6.07 Å². The standard InChI is InChI=1S/C17H19N5S/c18-8-13-9-19-11-20-16(13)22-7-3-4-12(10-22)17-21-14-5-1-2-6-15(14)23-17/h9,11-12H,1-7,10H2/t12-/m0/s1. The molecule has 2 aromatic rings. The topological polar surface area (TPSA) is 65.7 Å². The Morgan fingerprint density at radius 3 is 3.04 bits per heavy atom. The molecule has 0 aromatic carbocycles.